The largest absolute Gasteiger partial charge is 0.0125 e. The van der Waals surface area contributed by atoms with Gasteiger partial charge in [0.1, 0.15) is 0 Å². The summed E-state index contributed by atoms with van der Waals surface area (Å²) in [6.45, 7) is 0. The van der Waals surface area contributed by atoms with Gasteiger partial charge < -0.3 is 0 Å². The molecular weight excluding hydrogens is 240 g/mol. The minimum absolute atomic E-state index is 0. The molecule has 0 nitrogen and oxygen atoms in total. The molecule has 0 aliphatic carbocycles. The van der Waals surface area contributed by atoms with Crippen molar-refractivity contribution < 1.29 is 55.5 Å². The first kappa shape index (κ1) is 38.2. The van der Waals surface area contributed by atoms with Crippen LogP contribution in [0.2, 0.25) is 0 Å². The molecule has 0 amide bonds. The van der Waals surface area contributed by atoms with Crippen molar-refractivity contribution in [3.8, 4) is 0 Å². The van der Waals surface area contributed by atoms with Gasteiger partial charge in [0.25, 0.3) is 0 Å². The van der Waals surface area contributed by atoms with E-state index in [0.29, 0.717) is 0 Å². The van der Waals surface area contributed by atoms with Gasteiger partial charge in [-0.1, -0.05) is 0 Å². The summed E-state index contributed by atoms with van der Waals surface area (Å²) in [6.07, 6.45) is 0. The Morgan fingerprint density at radius 3 is 1.00 bits per heavy atom. The summed E-state index contributed by atoms with van der Waals surface area (Å²) in [4.78, 5) is 0. The molecule has 0 aromatic rings. The molecule has 0 spiro atoms. The first-order valence-electron chi connectivity index (χ1n) is 0. The summed E-state index contributed by atoms with van der Waals surface area (Å²) >= 11 is 0. The SMILES string of the molecule is [Cr].[Cu].[Mo].[SiH3]. The molecule has 0 heterocycles. The third-order valence-electron chi connectivity index (χ3n) is 0. The van der Waals surface area contributed by atoms with Crippen LogP contribution in [-0.4, -0.2) is 11.0 Å². The van der Waals surface area contributed by atoms with Gasteiger partial charge in [-0.25, -0.2) is 0 Å². The van der Waals surface area contributed by atoms with Crippen molar-refractivity contribution in [1.82, 2.24) is 0 Å². The standard InChI is InChI=1S/Cr.Cu.Mo.H3Si/h;;;1H3. The summed E-state index contributed by atoms with van der Waals surface area (Å²) in [5, 5.41) is 0. The zero-order chi connectivity index (χ0) is 0. The van der Waals surface area contributed by atoms with Crippen LogP contribution in [0, 0.1) is 0 Å². The third-order valence-corrected chi connectivity index (χ3v) is 0. The van der Waals surface area contributed by atoms with Crippen molar-refractivity contribution in [2.75, 3.05) is 0 Å². The van der Waals surface area contributed by atoms with E-state index in [1.165, 1.54) is 0 Å². The van der Waals surface area contributed by atoms with Gasteiger partial charge in [0.2, 0.25) is 0 Å². The minimum Gasteiger partial charge on any atom is -0.0125 e. The van der Waals surface area contributed by atoms with Crippen LogP contribution in [0.25, 0.3) is 0 Å². The second-order valence-electron chi connectivity index (χ2n) is 0. The summed E-state index contributed by atoms with van der Waals surface area (Å²) in [6, 6.07) is 0. The molecule has 0 aliphatic heterocycles. The van der Waals surface area contributed by atoms with Crippen LogP contribution in [-0.2, 0) is 55.5 Å². The molecule has 0 saturated heterocycles. The van der Waals surface area contributed by atoms with E-state index < -0.39 is 0 Å². The van der Waals surface area contributed by atoms with E-state index in [9.17, 15) is 0 Å². The van der Waals surface area contributed by atoms with Crippen LogP contribution in [0.1, 0.15) is 0 Å². The molecule has 0 bridgehead atoms. The normalized spacial score (nSPS) is 0. The summed E-state index contributed by atoms with van der Waals surface area (Å²) in [7, 11) is 0. The van der Waals surface area contributed by atoms with Crippen molar-refractivity contribution in [1.29, 1.82) is 0 Å². The molecule has 0 unspecified atom stereocenters. The van der Waals surface area contributed by atoms with E-state index in [1.807, 2.05) is 0 Å². The van der Waals surface area contributed by atoms with Crippen molar-refractivity contribution in [2.45, 2.75) is 0 Å². The Morgan fingerprint density at radius 2 is 1.00 bits per heavy atom. The maximum Gasteiger partial charge on any atom is 0 e. The Bertz CT molecular complexity index is 8.00. The predicted molar refractivity (Wildman–Crippen MR) is 9.94 cm³/mol. The van der Waals surface area contributed by atoms with Crippen LogP contribution >= 0.6 is 0 Å². The maximum absolute atomic E-state index is 0. The summed E-state index contributed by atoms with van der Waals surface area (Å²) < 4.78 is 0. The van der Waals surface area contributed by atoms with Crippen molar-refractivity contribution in [2.24, 2.45) is 0 Å². The van der Waals surface area contributed by atoms with Gasteiger partial charge in [-0.15, -0.1) is 0 Å². The van der Waals surface area contributed by atoms with Gasteiger partial charge >= 0.3 is 0 Å². The van der Waals surface area contributed by atoms with E-state index in [-0.39, 0.29) is 66.5 Å². The van der Waals surface area contributed by atoms with Crippen LogP contribution in [0.4, 0.5) is 0 Å². The second kappa shape index (κ2) is 20.3. The van der Waals surface area contributed by atoms with Crippen molar-refractivity contribution >= 4 is 11.0 Å². The first-order valence-corrected chi connectivity index (χ1v) is 0. The monoisotopic (exact) mass is 244 g/mol. The Labute approximate surface area is 66.0 Å². The maximum atomic E-state index is 0. The fourth-order valence-corrected chi connectivity index (χ4v) is 0. The zero-order valence-electron chi connectivity index (χ0n) is 2.12. The van der Waals surface area contributed by atoms with Crippen LogP contribution in [0.3, 0.4) is 0 Å². The number of hydrogen-bond donors (Lipinski definition) is 0. The minimum atomic E-state index is 0. The van der Waals surface area contributed by atoms with E-state index in [2.05, 4.69) is 0 Å². The molecular formula is H3CrCuMoSi. The molecule has 0 atom stereocenters. The molecule has 30 valence electrons. The van der Waals surface area contributed by atoms with Crippen molar-refractivity contribution in [3.63, 3.8) is 0 Å². The Hall–Kier alpha value is 1.96. The van der Waals surface area contributed by atoms with Gasteiger partial charge in [-0.05, 0) is 11.0 Å². The molecule has 0 saturated carbocycles. The van der Waals surface area contributed by atoms with Crippen LogP contribution < -0.4 is 0 Å². The van der Waals surface area contributed by atoms with Crippen molar-refractivity contribution in [3.05, 3.63) is 0 Å². The number of rotatable bonds is 0. The molecule has 0 fully saturated rings. The Kier molecular flexibility index (Phi) is 194. The third kappa shape index (κ3) is 9.03. The molecule has 0 aliphatic rings. The fourth-order valence-electron chi connectivity index (χ4n) is 0. The smallest absolute Gasteiger partial charge is 0 e. The molecule has 0 N–H and O–H groups in total. The molecule has 4 heteroatoms. The summed E-state index contributed by atoms with van der Waals surface area (Å²) in [5.41, 5.74) is 0. The van der Waals surface area contributed by atoms with E-state index in [4.69, 9.17) is 0 Å². The van der Waals surface area contributed by atoms with Gasteiger partial charge in [0.15, 0.2) is 0 Å². The molecule has 0 aromatic heterocycles. The van der Waals surface area contributed by atoms with Crippen LogP contribution in [0.5, 0.6) is 0 Å². The average Bonchev–Trinajstić information content (AvgIpc) is 0. The quantitative estimate of drug-likeness (QED) is 0.469. The molecule has 4 heavy (non-hydrogen) atoms. The predicted octanol–water partition coefficient (Wildman–Crippen LogP) is -1.19. The summed E-state index contributed by atoms with van der Waals surface area (Å²) in [5.74, 6) is 0. The van der Waals surface area contributed by atoms with Gasteiger partial charge in [-0.3, -0.25) is 0 Å². The first-order chi connectivity index (χ1) is 0. The topological polar surface area (TPSA) is 0 Å². The molecule has 0 aromatic carbocycles. The van der Waals surface area contributed by atoms with E-state index in [1.54, 1.807) is 0 Å². The van der Waals surface area contributed by atoms with Crippen LogP contribution in [0.15, 0.2) is 0 Å². The van der Waals surface area contributed by atoms with E-state index in [0.717, 1.165) is 0 Å². The molecule has 0 rings (SSSR count). The van der Waals surface area contributed by atoms with E-state index >= 15 is 0 Å². The fraction of sp³-hybridized carbons (Fsp3) is 0. The van der Waals surface area contributed by atoms with Gasteiger partial charge in [-0.2, -0.15) is 0 Å². The molecule has 2 radical (unpaired) electrons. The van der Waals surface area contributed by atoms with Gasteiger partial charge in [0, 0.05) is 55.5 Å². The zero-order valence-corrected chi connectivity index (χ0v) is 8.34. The Morgan fingerprint density at radius 1 is 1.00 bits per heavy atom. The second-order valence-corrected chi connectivity index (χ2v) is 0. The number of hydrogen-bond acceptors (Lipinski definition) is 0. The average molecular weight is 243 g/mol. The Balaban J connectivity index is 0. The van der Waals surface area contributed by atoms with Gasteiger partial charge in [0.05, 0.1) is 0 Å².